The van der Waals surface area contributed by atoms with Crippen LogP contribution in [-0.2, 0) is 4.79 Å². The third kappa shape index (κ3) is 36.4. The van der Waals surface area contributed by atoms with Gasteiger partial charge in [-0.05, 0) is 19.3 Å². The van der Waals surface area contributed by atoms with E-state index in [1.165, 1.54) is 199 Å². The highest BCUT2D eigenvalue weighted by atomic mass is 16.3. The summed E-state index contributed by atoms with van der Waals surface area (Å²) in [6.07, 6.45) is 50.4. The van der Waals surface area contributed by atoms with Crippen molar-refractivity contribution < 1.29 is 15.0 Å². The molecule has 286 valence electrons. The Bertz CT molecular complexity index is 651. The van der Waals surface area contributed by atoms with Gasteiger partial charge in [0.25, 0.3) is 0 Å². The maximum Gasteiger partial charge on any atom is 0.220 e. The van der Waals surface area contributed by atoms with Crippen molar-refractivity contribution in [3.05, 3.63) is 12.2 Å². The quantitative estimate of drug-likeness (QED) is 0.0446. The predicted octanol–water partition coefficient (Wildman–Crippen LogP) is 13.5. The number of carbonyl (C=O) groups excluding carboxylic acids is 1. The molecule has 0 fully saturated rings. The van der Waals surface area contributed by atoms with Gasteiger partial charge in [-0.3, -0.25) is 4.79 Å². The molecule has 0 heterocycles. The molecule has 2 unspecified atom stereocenters. The summed E-state index contributed by atoms with van der Waals surface area (Å²) in [5, 5.41) is 22.9. The smallest absolute Gasteiger partial charge is 0.220 e. The minimum absolute atomic E-state index is 0.0606. The minimum atomic E-state index is -0.832. The van der Waals surface area contributed by atoms with Gasteiger partial charge in [0.1, 0.15) is 0 Å². The van der Waals surface area contributed by atoms with Crippen LogP contribution in [-0.4, -0.2) is 34.9 Å². The van der Waals surface area contributed by atoms with Gasteiger partial charge in [0, 0.05) is 6.42 Å². The molecular formula is C44H87NO3. The molecule has 4 nitrogen and oxygen atoms in total. The van der Waals surface area contributed by atoms with Crippen LogP contribution < -0.4 is 5.32 Å². The van der Waals surface area contributed by atoms with Gasteiger partial charge in [-0.25, -0.2) is 0 Å². The van der Waals surface area contributed by atoms with Crippen molar-refractivity contribution in [3.8, 4) is 0 Å². The fraction of sp³-hybridized carbons (Fsp3) is 0.932. The van der Waals surface area contributed by atoms with Gasteiger partial charge in [-0.15, -0.1) is 0 Å². The highest BCUT2D eigenvalue weighted by Crippen LogP contribution is 2.16. The lowest BCUT2D eigenvalue weighted by molar-refractivity contribution is -0.123. The van der Waals surface area contributed by atoms with Crippen LogP contribution in [0.2, 0.25) is 0 Å². The molecule has 2 atom stereocenters. The number of amides is 1. The fourth-order valence-corrected chi connectivity index (χ4v) is 6.89. The third-order valence-corrected chi connectivity index (χ3v) is 10.3. The van der Waals surface area contributed by atoms with Crippen LogP contribution in [0.25, 0.3) is 0 Å². The van der Waals surface area contributed by atoms with E-state index in [0.717, 1.165) is 25.7 Å². The summed E-state index contributed by atoms with van der Waals surface area (Å²) in [6, 6.07) is -0.615. The van der Waals surface area contributed by atoms with E-state index in [2.05, 4.69) is 19.2 Å². The molecule has 0 aliphatic carbocycles. The second kappa shape index (κ2) is 40.6. The van der Waals surface area contributed by atoms with Gasteiger partial charge in [-0.2, -0.15) is 0 Å². The minimum Gasteiger partial charge on any atom is -0.394 e. The summed E-state index contributed by atoms with van der Waals surface area (Å²) in [5.74, 6) is -0.0606. The first-order chi connectivity index (χ1) is 23.7. The zero-order valence-electron chi connectivity index (χ0n) is 32.8. The van der Waals surface area contributed by atoms with E-state index in [1.807, 2.05) is 6.08 Å². The van der Waals surface area contributed by atoms with Gasteiger partial charge in [0.2, 0.25) is 5.91 Å². The number of unbranched alkanes of at least 4 members (excludes halogenated alkanes) is 33. The zero-order chi connectivity index (χ0) is 35.0. The van der Waals surface area contributed by atoms with Crippen molar-refractivity contribution in [1.29, 1.82) is 0 Å². The van der Waals surface area contributed by atoms with Gasteiger partial charge in [0.15, 0.2) is 0 Å². The first-order valence-electron chi connectivity index (χ1n) is 21.9. The third-order valence-electron chi connectivity index (χ3n) is 10.3. The summed E-state index contributed by atoms with van der Waals surface area (Å²) in [5.41, 5.74) is 0. The van der Waals surface area contributed by atoms with Gasteiger partial charge >= 0.3 is 0 Å². The highest BCUT2D eigenvalue weighted by Gasteiger charge is 2.17. The molecule has 0 saturated heterocycles. The van der Waals surface area contributed by atoms with E-state index in [9.17, 15) is 15.0 Å². The number of hydrogen-bond donors (Lipinski definition) is 3. The molecular weight excluding hydrogens is 590 g/mol. The van der Waals surface area contributed by atoms with Crippen LogP contribution in [0.5, 0.6) is 0 Å². The van der Waals surface area contributed by atoms with Crippen LogP contribution in [0, 0.1) is 0 Å². The second-order valence-corrected chi connectivity index (χ2v) is 15.1. The van der Waals surface area contributed by atoms with E-state index in [0.29, 0.717) is 6.42 Å². The molecule has 0 aliphatic heterocycles. The average Bonchev–Trinajstić information content (AvgIpc) is 3.09. The molecule has 0 radical (unpaired) electrons. The lowest BCUT2D eigenvalue weighted by atomic mass is 10.0. The molecule has 0 aliphatic rings. The summed E-state index contributed by atoms with van der Waals surface area (Å²) >= 11 is 0. The molecule has 0 rings (SSSR count). The molecule has 0 aromatic carbocycles. The number of hydrogen-bond acceptors (Lipinski definition) is 3. The Morgan fingerprint density at radius 2 is 0.771 bits per heavy atom. The van der Waals surface area contributed by atoms with E-state index in [4.69, 9.17) is 0 Å². The van der Waals surface area contributed by atoms with E-state index in [-0.39, 0.29) is 12.5 Å². The number of allylic oxidation sites excluding steroid dienone is 1. The molecule has 0 spiro atoms. The molecule has 1 amide bonds. The molecule has 0 saturated carbocycles. The molecule has 0 aromatic heterocycles. The predicted molar refractivity (Wildman–Crippen MR) is 212 cm³/mol. The standard InChI is InChI=1S/C44H87NO3/c1-3-5-7-9-11-13-15-16-17-18-19-20-21-22-23-24-25-26-27-28-30-32-34-36-38-40-44(48)45-42(41-46)43(47)39-37-35-33-31-29-14-12-10-8-6-4-2/h37,39,42-43,46-47H,3-36,38,40-41H2,1-2H3,(H,45,48)/b39-37+. The Balaban J connectivity index is 3.44. The van der Waals surface area contributed by atoms with Gasteiger partial charge < -0.3 is 15.5 Å². The lowest BCUT2D eigenvalue weighted by Crippen LogP contribution is -2.45. The summed E-state index contributed by atoms with van der Waals surface area (Å²) < 4.78 is 0. The zero-order valence-corrected chi connectivity index (χ0v) is 32.8. The molecule has 48 heavy (non-hydrogen) atoms. The van der Waals surface area contributed by atoms with Crippen LogP contribution in [0.3, 0.4) is 0 Å². The Kier molecular flexibility index (Phi) is 39.8. The average molecular weight is 678 g/mol. The highest BCUT2D eigenvalue weighted by molar-refractivity contribution is 5.76. The summed E-state index contributed by atoms with van der Waals surface area (Å²) in [7, 11) is 0. The van der Waals surface area contributed by atoms with Crippen LogP contribution in [0.15, 0.2) is 12.2 Å². The number of nitrogens with one attached hydrogen (secondary N) is 1. The van der Waals surface area contributed by atoms with Crippen molar-refractivity contribution in [3.63, 3.8) is 0 Å². The van der Waals surface area contributed by atoms with Crippen LogP contribution in [0.1, 0.15) is 245 Å². The normalized spacial score (nSPS) is 13.0. The SMILES string of the molecule is CCCCCCCCCCC/C=C/C(O)C(CO)NC(=O)CCCCCCCCCCCCCCCCCCCCCCCCCCC. The first-order valence-corrected chi connectivity index (χ1v) is 21.9. The lowest BCUT2D eigenvalue weighted by Gasteiger charge is -2.20. The summed E-state index contributed by atoms with van der Waals surface area (Å²) in [6.45, 7) is 4.31. The fourth-order valence-electron chi connectivity index (χ4n) is 6.89. The molecule has 0 bridgehead atoms. The Hall–Kier alpha value is -0.870. The molecule has 3 N–H and O–H groups in total. The topological polar surface area (TPSA) is 69.6 Å². The largest absolute Gasteiger partial charge is 0.394 e. The second-order valence-electron chi connectivity index (χ2n) is 15.1. The van der Waals surface area contributed by atoms with E-state index in [1.54, 1.807) is 6.08 Å². The van der Waals surface area contributed by atoms with Crippen LogP contribution >= 0.6 is 0 Å². The number of rotatable bonds is 40. The van der Waals surface area contributed by atoms with Gasteiger partial charge in [-0.1, -0.05) is 231 Å². The van der Waals surface area contributed by atoms with Gasteiger partial charge in [0.05, 0.1) is 18.8 Å². The maximum absolute atomic E-state index is 12.3. The van der Waals surface area contributed by atoms with Crippen LogP contribution in [0.4, 0.5) is 0 Å². The number of aliphatic hydroxyl groups is 2. The Morgan fingerprint density at radius 3 is 1.08 bits per heavy atom. The van der Waals surface area contributed by atoms with E-state index < -0.39 is 12.1 Å². The monoisotopic (exact) mass is 678 g/mol. The maximum atomic E-state index is 12.3. The number of aliphatic hydroxyl groups excluding tert-OH is 2. The summed E-state index contributed by atoms with van der Waals surface area (Å²) in [4.78, 5) is 12.3. The van der Waals surface area contributed by atoms with Crippen molar-refractivity contribution in [2.45, 2.75) is 257 Å². The van der Waals surface area contributed by atoms with Crippen molar-refractivity contribution in [2.24, 2.45) is 0 Å². The first kappa shape index (κ1) is 47.1. The van der Waals surface area contributed by atoms with Crippen molar-refractivity contribution in [2.75, 3.05) is 6.61 Å². The van der Waals surface area contributed by atoms with Crippen molar-refractivity contribution in [1.82, 2.24) is 5.32 Å². The number of carbonyl (C=O) groups is 1. The Morgan fingerprint density at radius 1 is 0.479 bits per heavy atom. The van der Waals surface area contributed by atoms with Crippen molar-refractivity contribution >= 4 is 5.91 Å². The molecule has 4 heteroatoms. The van der Waals surface area contributed by atoms with E-state index >= 15 is 0 Å². The molecule has 0 aromatic rings. The Labute approximate surface area is 301 Å².